The van der Waals surface area contributed by atoms with Crippen molar-refractivity contribution in [3.8, 4) is 0 Å². The molecule has 2 rings (SSSR count). The van der Waals surface area contributed by atoms with E-state index in [1.165, 1.54) is 25.7 Å². The minimum atomic E-state index is 0.0758. The van der Waals surface area contributed by atoms with E-state index in [1.54, 1.807) is 4.68 Å². The number of hydrogen-bond donors (Lipinski definition) is 1. The SMILES string of the molecule is CC(C)n1[nH]c(C2CCCC2)c(Br)c1=O. The summed E-state index contributed by atoms with van der Waals surface area (Å²) in [4.78, 5) is 11.9. The van der Waals surface area contributed by atoms with E-state index in [-0.39, 0.29) is 11.6 Å². The third-order valence-electron chi connectivity index (χ3n) is 3.16. The van der Waals surface area contributed by atoms with Crippen molar-refractivity contribution in [3.63, 3.8) is 0 Å². The van der Waals surface area contributed by atoms with Gasteiger partial charge in [-0.1, -0.05) is 12.8 Å². The van der Waals surface area contributed by atoms with Crippen LogP contribution in [0.5, 0.6) is 0 Å². The number of halogens is 1. The molecule has 0 spiro atoms. The Kier molecular flexibility index (Phi) is 3.05. The lowest BCUT2D eigenvalue weighted by molar-refractivity contribution is 0.504. The summed E-state index contributed by atoms with van der Waals surface area (Å²) in [5.74, 6) is 0.548. The van der Waals surface area contributed by atoms with Gasteiger partial charge in [-0.15, -0.1) is 0 Å². The molecule has 0 radical (unpaired) electrons. The fourth-order valence-electron chi connectivity index (χ4n) is 2.30. The van der Waals surface area contributed by atoms with Crippen molar-refractivity contribution in [2.45, 2.75) is 51.5 Å². The van der Waals surface area contributed by atoms with Crippen molar-refractivity contribution < 1.29 is 0 Å². The topological polar surface area (TPSA) is 37.8 Å². The van der Waals surface area contributed by atoms with Gasteiger partial charge in [-0.05, 0) is 42.6 Å². The molecule has 1 aliphatic rings. The smallest absolute Gasteiger partial charge is 0.281 e. The highest BCUT2D eigenvalue weighted by Crippen LogP contribution is 2.35. The fourth-order valence-corrected chi connectivity index (χ4v) is 2.90. The van der Waals surface area contributed by atoms with E-state index in [0.717, 1.165) is 10.2 Å². The molecule has 0 aliphatic heterocycles. The van der Waals surface area contributed by atoms with Crippen LogP contribution in [0.1, 0.15) is 57.2 Å². The van der Waals surface area contributed by atoms with Crippen LogP contribution < -0.4 is 5.56 Å². The lowest BCUT2D eigenvalue weighted by Crippen LogP contribution is -2.18. The van der Waals surface area contributed by atoms with Crippen molar-refractivity contribution in [2.75, 3.05) is 0 Å². The molecule has 0 amide bonds. The van der Waals surface area contributed by atoms with Gasteiger partial charge in [0.05, 0.1) is 5.69 Å². The van der Waals surface area contributed by atoms with Crippen molar-refractivity contribution in [1.82, 2.24) is 9.78 Å². The molecule has 1 saturated carbocycles. The highest BCUT2D eigenvalue weighted by atomic mass is 79.9. The highest BCUT2D eigenvalue weighted by Gasteiger charge is 2.24. The maximum Gasteiger partial charge on any atom is 0.281 e. The quantitative estimate of drug-likeness (QED) is 0.883. The van der Waals surface area contributed by atoms with Crippen LogP contribution in [0.25, 0.3) is 0 Å². The summed E-state index contributed by atoms with van der Waals surface area (Å²) in [5.41, 5.74) is 1.18. The average Bonchev–Trinajstić information content (AvgIpc) is 2.77. The Hall–Kier alpha value is -0.510. The molecule has 0 saturated heterocycles. The zero-order valence-electron chi connectivity index (χ0n) is 9.22. The predicted molar refractivity (Wildman–Crippen MR) is 64.3 cm³/mol. The van der Waals surface area contributed by atoms with Gasteiger partial charge in [0.2, 0.25) is 0 Å². The van der Waals surface area contributed by atoms with Crippen molar-refractivity contribution >= 4 is 15.9 Å². The number of hydrogen-bond acceptors (Lipinski definition) is 1. The maximum atomic E-state index is 11.9. The maximum absolute atomic E-state index is 11.9. The lowest BCUT2D eigenvalue weighted by Gasteiger charge is -2.08. The predicted octanol–water partition coefficient (Wildman–Crippen LogP) is 3.18. The van der Waals surface area contributed by atoms with E-state index < -0.39 is 0 Å². The molecule has 1 aliphatic carbocycles. The molecule has 0 atom stereocenters. The van der Waals surface area contributed by atoms with E-state index in [4.69, 9.17) is 0 Å². The second-order valence-electron chi connectivity index (χ2n) is 4.59. The monoisotopic (exact) mass is 272 g/mol. The van der Waals surface area contributed by atoms with Gasteiger partial charge in [0.15, 0.2) is 0 Å². The summed E-state index contributed by atoms with van der Waals surface area (Å²) in [7, 11) is 0. The number of aromatic amines is 1. The summed E-state index contributed by atoms with van der Waals surface area (Å²) in [5, 5.41) is 3.25. The van der Waals surface area contributed by atoms with E-state index >= 15 is 0 Å². The van der Waals surface area contributed by atoms with E-state index in [2.05, 4.69) is 21.0 Å². The number of aromatic nitrogens is 2. The molecule has 1 fully saturated rings. The minimum Gasteiger partial charge on any atom is -0.298 e. The molecule has 0 unspecified atom stereocenters. The largest absolute Gasteiger partial charge is 0.298 e. The molecular formula is C11H17BrN2O. The molecule has 3 nitrogen and oxygen atoms in total. The summed E-state index contributed by atoms with van der Waals surface area (Å²) < 4.78 is 2.45. The van der Waals surface area contributed by atoms with Crippen molar-refractivity contribution in [3.05, 3.63) is 20.5 Å². The first kappa shape index (κ1) is 11.0. The molecule has 1 heterocycles. The minimum absolute atomic E-state index is 0.0758. The van der Waals surface area contributed by atoms with Crippen LogP contribution in [-0.2, 0) is 0 Å². The van der Waals surface area contributed by atoms with Crippen LogP contribution in [0.15, 0.2) is 9.27 Å². The van der Waals surface area contributed by atoms with Crippen LogP contribution in [0.4, 0.5) is 0 Å². The third-order valence-corrected chi connectivity index (χ3v) is 3.93. The molecule has 15 heavy (non-hydrogen) atoms. The molecule has 1 aromatic heterocycles. The van der Waals surface area contributed by atoms with Crippen LogP contribution in [0.2, 0.25) is 0 Å². The first-order valence-corrected chi connectivity index (χ1v) is 6.40. The van der Waals surface area contributed by atoms with Gasteiger partial charge in [-0.25, -0.2) is 4.68 Å². The van der Waals surface area contributed by atoms with Crippen molar-refractivity contribution in [2.24, 2.45) is 0 Å². The summed E-state index contributed by atoms with van der Waals surface area (Å²) in [6.07, 6.45) is 4.98. The first-order chi connectivity index (χ1) is 7.11. The standard InChI is InChI=1S/C11H17BrN2O/c1-7(2)14-11(15)9(12)10(13-14)8-5-3-4-6-8/h7-8,13H,3-6H2,1-2H3. The molecule has 84 valence electrons. The van der Waals surface area contributed by atoms with E-state index in [0.29, 0.717) is 5.92 Å². The molecular weight excluding hydrogens is 256 g/mol. The van der Waals surface area contributed by atoms with Crippen LogP contribution >= 0.6 is 15.9 Å². The van der Waals surface area contributed by atoms with Crippen LogP contribution in [0.3, 0.4) is 0 Å². The van der Waals surface area contributed by atoms with E-state index in [9.17, 15) is 4.79 Å². The van der Waals surface area contributed by atoms with Crippen LogP contribution in [0, 0.1) is 0 Å². The Bertz CT molecular complexity index is 399. The molecule has 0 bridgehead atoms. The Morgan fingerprint density at radius 1 is 1.40 bits per heavy atom. The number of nitrogens with one attached hydrogen (secondary N) is 1. The first-order valence-electron chi connectivity index (χ1n) is 5.61. The third kappa shape index (κ3) is 1.92. The highest BCUT2D eigenvalue weighted by molar-refractivity contribution is 9.10. The Labute approximate surface area is 98.0 Å². The molecule has 0 aromatic carbocycles. The second kappa shape index (κ2) is 4.16. The van der Waals surface area contributed by atoms with Gasteiger partial charge in [0.25, 0.3) is 5.56 Å². The second-order valence-corrected chi connectivity index (χ2v) is 5.38. The molecule has 1 N–H and O–H groups in total. The van der Waals surface area contributed by atoms with Crippen LogP contribution in [-0.4, -0.2) is 9.78 Å². The van der Waals surface area contributed by atoms with Gasteiger partial charge in [-0.2, -0.15) is 0 Å². The van der Waals surface area contributed by atoms with Gasteiger partial charge in [0.1, 0.15) is 4.47 Å². The average molecular weight is 273 g/mol. The lowest BCUT2D eigenvalue weighted by atomic mass is 10.1. The Morgan fingerprint density at radius 2 is 2.00 bits per heavy atom. The molecule has 4 heteroatoms. The van der Waals surface area contributed by atoms with Gasteiger partial charge < -0.3 is 0 Å². The molecule has 1 aromatic rings. The zero-order valence-corrected chi connectivity index (χ0v) is 10.8. The van der Waals surface area contributed by atoms with Gasteiger partial charge in [-0.3, -0.25) is 9.89 Å². The van der Waals surface area contributed by atoms with Crippen molar-refractivity contribution in [1.29, 1.82) is 0 Å². The van der Waals surface area contributed by atoms with Gasteiger partial charge in [0, 0.05) is 12.0 Å². The summed E-state index contributed by atoms with van der Waals surface area (Å²) in [6.45, 7) is 4.03. The Morgan fingerprint density at radius 3 is 2.47 bits per heavy atom. The van der Waals surface area contributed by atoms with Gasteiger partial charge >= 0.3 is 0 Å². The Balaban J connectivity index is 2.40. The number of rotatable bonds is 2. The number of nitrogens with zero attached hydrogens (tertiary/aromatic N) is 1. The summed E-state index contributed by atoms with van der Waals surface area (Å²) >= 11 is 3.41. The summed E-state index contributed by atoms with van der Waals surface area (Å²) in [6, 6.07) is 0.198. The normalized spacial score (nSPS) is 17.9. The fraction of sp³-hybridized carbons (Fsp3) is 0.727. The van der Waals surface area contributed by atoms with E-state index in [1.807, 2.05) is 13.8 Å². The number of H-pyrrole nitrogens is 1. The zero-order chi connectivity index (χ0) is 11.0.